The van der Waals surface area contributed by atoms with E-state index in [2.05, 4.69) is 11.8 Å². The fraction of sp³-hybridized carbons (Fsp3) is 0.286. The van der Waals surface area contributed by atoms with Gasteiger partial charge in [-0.1, -0.05) is 19.1 Å². The molecule has 2 heterocycles. The first-order valence-electron chi connectivity index (χ1n) is 9.07. The molecule has 4 rings (SSSR count). The summed E-state index contributed by atoms with van der Waals surface area (Å²) in [5.74, 6) is -1.28. The Labute approximate surface area is 157 Å². The first-order chi connectivity index (χ1) is 13.0. The van der Waals surface area contributed by atoms with Crippen LogP contribution in [0.4, 0.5) is 11.4 Å². The number of carbonyl (C=O) groups is 3. The molecule has 6 heteroatoms. The Bertz CT molecular complexity index is 910. The number of benzene rings is 2. The molecular formula is C21H20N2O4. The van der Waals surface area contributed by atoms with E-state index in [-0.39, 0.29) is 11.3 Å². The van der Waals surface area contributed by atoms with Gasteiger partial charge in [0.1, 0.15) is 0 Å². The van der Waals surface area contributed by atoms with E-state index < -0.39 is 17.8 Å². The lowest BCUT2D eigenvalue weighted by Gasteiger charge is -2.33. The molecule has 6 nitrogen and oxygen atoms in total. The van der Waals surface area contributed by atoms with Crippen LogP contribution in [0, 0.1) is 5.92 Å². The van der Waals surface area contributed by atoms with Gasteiger partial charge in [0.25, 0.3) is 11.8 Å². The summed E-state index contributed by atoms with van der Waals surface area (Å²) in [6, 6.07) is 11.4. The van der Waals surface area contributed by atoms with Gasteiger partial charge in [-0.15, -0.1) is 0 Å². The molecule has 1 N–H and O–H groups in total. The summed E-state index contributed by atoms with van der Waals surface area (Å²) in [4.78, 5) is 40.3. The number of piperidine rings is 1. The van der Waals surface area contributed by atoms with Gasteiger partial charge in [0, 0.05) is 13.1 Å². The minimum atomic E-state index is -1.07. The molecule has 0 aliphatic carbocycles. The normalized spacial score (nSPS) is 17.4. The number of carboxylic acid groups (broad SMARTS) is 1. The predicted octanol–water partition coefficient (Wildman–Crippen LogP) is 3.42. The summed E-state index contributed by atoms with van der Waals surface area (Å²) < 4.78 is 0. The Morgan fingerprint density at radius 2 is 1.59 bits per heavy atom. The first-order valence-corrected chi connectivity index (χ1v) is 9.07. The van der Waals surface area contributed by atoms with Gasteiger partial charge >= 0.3 is 5.97 Å². The van der Waals surface area contributed by atoms with E-state index in [1.807, 2.05) is 0 Å². The van der Waals surface area contributed by atoms with Crippen molar-refractivity contribution in [2.24, 2.45) is 5.92 Å². The summed E-state index contributed by atoms with van der Waals surface area (Å²) in [5.41, 5.74) is 1.71. The van der Waals surface area contributed by atoms with Crippen molar-refractivity contribution in [2.45, 2.75) is 19.8 Å². The van der Waals surface area contributed by atoms with E-state index in [1.165, 1.54) is 6.07 Å². The fourth-order valence-electron chi connectivity index (χ4n) is 3.78. The summed E-state index contributed by atoms with van der Waals surface area (Å²) in [6.45, 7) is 3.79. The summed E-state index contributed by atoms with van der Waals surface area (Å²) in [6.07, 6.45) is 2.03. The number of aromatic carboxylic acids is 1. The van der Waals surface area contributed by atoms with Gasteiger partial charge in [-0.3, -0.25) is 9.59 Å². The molecule has 0 radical (unpaired) electrons. The van der Waals surface area contributed by atoms with Crippen molar-refractivity contribution < 1.29 is 19.5 Å². The molecule has 2 aliphatic heterocycles. The number of rotatable bonds is 3. The molecule has 0 unspecified atom stereocenters. The largest absolute Gasteiger partial charge is 0.478 e. The lowest BCUT2D eigenvalue weighted by molar-refractivity contribution is 0.0696. The van der Waals surface area contributed by atoms with Crippen LogP contribution in [0.25, 0.3) is 0 Å². The van der Waals surface area contributed by atoms with E-state index in [9.17, 15) is 19.5 Å². The van der Waals surface area contributed by atoms with Crippen LogP contribution in [0.2, 0.25) is 0 Å². The highest BCUT2D eigenvalue weighted by Gasteiger charge is 2.37. The zero-order chi connectivity index (χ0) is 19.1. The molecule has 2 aliphatic rings. The number of hydrogen-bond donors (Lipinski definition) is 1. The molecule has 2 aromatic rings. The lowest BCUT2D eigenvalue weighted by Crippen LogP contribution is -2.34. The molecule has 27 heavy (non-hydrogen) atoms. The van der Waals surface area contributed by atoms with Crippen molar-refractivity contribution in [3.8, 4) is 0 Å². The third kappa shape index (κ3) is 2.87. The number of carbonyl (C=O) groups excluding carboxylic acids is 2. The van der Waals surface area contributed by atoms with Crippen LogP contribution < -0.4 is 9.80 Å². The van der Waals surface area contributed by atoms with Crippen LogP contribution in [-0.4, -0.2) is 36.0 Å². The van der Waals surface area contributed by atoms with E-state index in [0.29, 0.717) is 22.7 Å². The number of hydrogen-bond acceptors (Lipinski definition) is 4. The third-order valence-corrected chi connectivity index (χ3v) is 5.39. The maximum atomic E-state index is 12.7. The highest BCUT2D eigenvalue weighted by molar-refractivity contribution is 6.34. The Balaban J connectivity index is 1.71. The number of imide groups is 1. The molecule has 138 valence electrons. The van der Waals surface area contributed by atoms with Gasteiger partial charge in [0.15, 0.2) is 0 Å². The molecule has 0 spiro atoms. The Morgan fingerprint density at radius 1 is 1.00 bits per heavy atom. The minimum absolute atomic E-state index is 0.110. The van der Waals surface area contributed by atoms with Crippen LogP contribution in [0.5, 0.6) is 0 Å². The average Bonchev–Trinajstić information content (AvgIpc) is 2.93. The van der Waals surface area contributed by atoms with Crippen molar-refractivity contribution >= 4 is 29.2 Å². The molecule has 0 saturated carbocycles. The van der Waals surface area contributed by atoms with Gasteiger partial charge in [-0.05, 0) is 49.1 Å². The Kier molecular flexibility index (Phi) is 4.18. The molecule has 2 aromatic carbocycles. The number of fused-ring (bicyclic) bond motifs is 1. The predicted molar refractivity (Wildman–Crippen MR) is 102 cm³/mol. The van der Waals surface area contributed by atoms with E-state index in [4.69, 9.17) is 0 Å². The average molecular weight is 364 g/mol. The van der Waals surface area contributed by atoms with Gasteiger partial charge in [0.2, 0.25) is 0 Å². The summed E-state index contributed by atoms with van der Waals surface area (Å²) in [5, 5.41) is 9.71. The molecule has 2 amide bonds. The fourth-order valence-corrected chi connectivity index (χ4v) is 3.78. The van der Waals surface area contributed by atoms with Crippen molar-refractivity contribution in [3.63, 3.8) is 0 Å². The van der Waals surface area contributed by atoms with Crippen molar-refractivity contribution in [1.29, 1.82) is 0 Å². The van der Waals surface area contributed by atoms with Crippen LogP contribution in [0.15, 0.2) is 42.5 Å². The Hall–Kier alpha value is -3.15. The van der Waals surface area contributed by atoms with Crippen LogP contribution in [-0.2, 0) is 0 Å². The van der Waals surface area contributed by atoms with Crippen molar-refractivity contribution in [3.05, 3.63) is 59.2 Å². The number of amides is 2. The minimum Gasteiger partial charge on any atom is -0.478 e. The third-order valence-electron chi connectivity index (χ3n) is 5.39. The molecule has 0 atom stereocenters. The second-order valence-corrected chi connectivity index (χ2v) is 7.17. The topological polar surface area (TPSA) is 77.9 Å². The quantitative estimate of drug-likeness (QED) is 0.845. The van der Waals surface area contributed by atoms with Gasteiger partial charge in [-0.25, -0.2) is 9.69 Å². The maximum Gasteiger partial charge on any atom is 0.337 e. The zero-order valence-electron chi connectivity index (χ0n) is 15.0. The smallest absolute Gasteiger partial charge is 0.337 e. The molecule has 1 fully saturated rings. The SMILES string of the molecule is CC1CCN(c2ccc(N3C(=O)c4ccccc4C3=O)cc2C(=O)O)CC1. The highest BCUT2D eigenvalue weighted by atomic mass is 16.4. The van der Waals surface area contributed by atoms with Gasteiger partial charge in [-0.2, -0.15) is 0 Å². The van der Waals surface area contributed by atoms with Crippen LogP contribution >= 0.6 is 0 Å². The van der Waals surface area contributed by atoms with Gasteiger partial charge < -0.3 is 10.0 Å². The van der Waals surface area contributed by atoms with Crippen molar-refractivity contribution in [1.82, 2.24) is 0 Å². The zero-order valence-corrected chi connectivity index (χ0v) is 15.0. The summed E-state index contributed by atoms with van der Waals surface area (Å²) in [7, 11) is 0. The highest BCUT2D eigenvalue weighted by Crippen LogP contribution is 2.33. The van der Waals surface area contributed by atoms with E-state index >= 15 is 0 Å². The number of carboxylic acids is 1. The molecule has 1 saturated heterocycles. The maximum absolute atomic E-state index is 12.7. The molecular weight excluding hydrogens is 344 g/mol. The number of anilines is 2. The number of nitrogens with zero attached hydrogens (tertiary/aromatic N) is 2. The second-order valence-electron chi connectivity index (χ2n) is 7.17. The summed E-state index contributed by atoms with van der Waals surface area (Å²) >= 11 is 0. The van der Waals surface area contributed by atoms with Crippen molar-refractivity contribution in [2.75, 3.05) is 22.9 Å². The van der Waals surface area contributed by atoms with Crippen LogP contribution in [0.3, 0.4) is 0 Å². The molecule has 0 aromatic heterocycles. The standard InChI is InChI=1S/C21H20N2O4/c1-13-8-10-22(11-9-13)18-7-6-14(12-17(18)21(26)27)23-19(24)15-4-2-3-5-16(15)20(23)25/h2-7,12-13H,8-11H2,1H3,(H,26,27). The monoisotopic (exact) mass is 364 g/mol. The van der Waals surface area contributed by atoms with E-state index in [0.717, 1.165) is 30.8 Å². The van der Waals surface area contributed by atoms with E-state index in [1.54, 1.807) is 36.4 Å². The Morgan fingerprint density at radius 3 is 2.15 bits per heavy atom. The lowest BCUT2D eigenvalue weighted by atomic mass is 9.98. The first kappa shape index (κ1) is 17.3. The van der Waals surface area contributed by atoms with Gasteiger partial charge in [0.05, 0.1) is 28.1 Å². The molecule has 0 bridgehead atoms. The van der Waals surface area contributed by atoms with Crippen LogP contribution in [0.1, 0.15) is 50.8 Å². The second kappa shape index (κ2) is 6.54.